The van der Waals surface area contributed by atoms with Crippen LogP contribution in [0.3, 0.4) is 0 Å². The number of aryl methyl sites for hydroxylation is 6. The maximum absolute atomic E-state index is 2.45. The summed E-state index contributed by atoms with van der Waals surface area (Å²) >= 11 is 0. The summed E-state index contributed by atoms with van der Waals surface area (Å²) in [6.07, 6.45) is 0. The first kappa shape index (κ1) is 49.5. The van der Waals surface area contributed by atoms with Crippen LogP contribution in [0.4, 0.5) is 0 Å². The molecule has 0 N–H and O–H groups in total. The van der Waals surface area contributed by atoms with Crippen LogP contribution in [0.2, 0.25) is 0 Å². The molecule has 291 valence electrons. The minimum absolute atomic E-state index is 0. The van der Waals surface area contributed by atoms with E-state index in [1.165, 1.54) is 97.9 Å². The minimum Gasteiger partial charge on any atom is -0.332 e. The molecule has 58 heavy (non-hydrogen) atoms. The summed E-state index contributed by atoms with van der Waals surface area (Å²) in [6, 6.07) is 39.7. The average Bonchev–Trinajstić information content (AvgIpc) is 3.19. The van der Waals surface area contributed by atoms with Crippen molar-refractivity contribution < 1.29 is 17.4 Å². The van der Waals surface area contributed by atoms with Crippen molar-refractivity contribution in [2.24, 2.45) is 0 Å². The molecule has 0 saturated heterocycles. The van der Waals surface area contributed by atoms with Gasteiger partial charge in [0.1, 0.15) is 0 Å². The van der Waals surface area contributed by atoms with Gasteiger partial charge in [-0.1, -0.05) is 174 Å². The van der Waals surface area contributed by atoms with Crippen molar-refractivity contribution in [1.82, 2.24) is 0 Å². The maximum atomic E-state index is 2.45. The second kappa shape index (κ2) is 25.0. The molecule has 13 radical (unpaired) electrons. The Morgan fingerprint density at radius 3 is 0.517 bits per heavy atom. The molecule has 0 fully saturated rings. The summed E-state index contributed by atoms with van der Waals surface area (Å²) in [4.78, 5) is 0. The van der Waals surface area contributed by atoms with E-state index in [4.69, 9.17) is 0 Å². The van der Waals surface area contributed by atoms with Gasteiger partial charge in [0.2, 0.25) is 0 Å². The van der Waals surface area contributed by atoms with Gasteiger partial charge in [-0.25, -0.2) is 0 Å². The van der Waals surface area contributed by atoms with Crippen molar-refractivity contribution in [3.63, 3.8) is 0 Å². The molecule has 0 atom stereocenters. The van der Waals surface area contributed by atoms with Gasteiger partial charge in [0.15, 0.2) is 0 Å². The fraction of sp³-hybridized carbons (Fsp3) is 0.235. The Bertz CT molecular complexity index is 1820. The molecule has 0 bridgehead atoms. The normalized spacial score (nSPS) is 10.6. The molecule has 0 heterocycles. The summed E-state index contributed by atoms with van der Waals surface area (Å²) in [5, 5.41) is 8.90. The zero-order valence-electron chi connectivity index (χ0n) is 36.5. The van der Waals surface area contributed by atoms with Crippen LogP contribution in [0.1, 0.15) is 66.8 Å². The Balaban J connectivity index is 0.000000231. The van der Waals surface area contributed by atoms with Crippen LogP contribution < -0.4 is 31.1 Å². The van der Waals surface area contributed by atoms with Crippen molar-refractivity contribution >= 4 is 88.2 Å². The van der Waals surface area contributed by atoms with E-state index >= 15 is 0 Å². The molecule has 6 rings (SSSR count). The molecule has 0 aliphatic heterocycles. The summed E-state index contributed by atoms with van der Waals surface area (Å²) in [5.41, 5.74) is 24.4. The first-order valence-electron chi connectivity index (χ1n) is 19.7. The van der Waals surface area contributed by atoms with E-state index in [9.17, 15) is 0 Å². The quantitative estimate of drug-likeness (QED) is 0.0903. The predicted molar refractivity (Wildman–Crippen MR) is 261 cm³/mol. The number of hydrogen-bond donors (Lipinski definition) is 0. The maximum Gasteiger partial charge on any atom is 3.00 e. The topological polar surface area (TPSA) is 0 Å². The fourth-order valence-corrected chi connectivity index (χ4v) is 14.3. The summed E-state index contributed by atoms with van der Waals surface area (Å²) in [6.45, 7) is 26.5. The van der Waals surface area contributed by atoms with Crippen LogP contribution in [0.5, 0.6) is 0 Å². The van der Waals surface area contributed by atoms with Crippen LogP contribution in [0.15, 0.2) is 109 Å². The molecule has 0 aromatic heterocycles. The SMILES string of the molecule is Cc1cccc([Si][CH-][Si]c2cccc(C)c2C)c1C.Cc1cccc([Si][CH-][Si]c2cccc(C)c2C)c1C.Cc1cccc([Si][CH-][Si]c2cccc(C)c2C)c1C.[Cr+3]. The third kappa shape index (κ3) is 14.7. The first-order valence-corrected chi connectivity index (χ1v) is 26.2. The molecule has 0 amide bonds. The summed E-state index contributed by atoms with van der Waals surface area (Å²) in [7, 11) is 4.83. The fourth-order valence-electron chi connectivity index (χ4n) is 6.02. The molecule has 0 aliphatic rings. The van der Waals surface area contributed by atoms with Crippen LogP contribution in [-0.4, -0.2) is 57.1 Å². The van der Waals surface area contributed by atoms with E-state index in [1.807, 2.05) is 0 Å². The van der Waals surface area contributed by atoms with Crippen molar-refractivity contribution in [1.29, 1.82) is 0 Å². The largest absolute Gasteiger partial charge is 3.00 e. The Labute approximate surface area is 379 Å². The van der Waals surface area contributed by atoms with E-state index in [1.54, 1.807) is 0 Å². The minimum atomic E-state index is 0. The summed E-state index contributed by atoms with van der Waals surface area (Å²) in [5.74, 6) is 0. The van der Waals surface area contributed by atoms with E-state index in [0.29, 0.717) is 0 Å². The van der Waals surface area contributed by atoms with Crippen molar-refractivity contribution in [2.75, 3.05) is 0 Å². The Morgan fingerprint density at radius 1 is 0.241 bits per heavy atom. The van der Waals surface area contributed by atoms with E-state index < -0.39 is 0 Å². The van der Waals surface area contributed by atoms with Crippen molar-refractivity contribution in [2.45, 2.75) is 83.1 Å². The van der Waals surface area contributed by atoms with Crippen LogP contribution >= 0.6 is 0 Å². The third-order valence-electron chi connectivity index (χ3n) is 11.0. The van der Waals surface area contributed by atoms with Gasteiger partial charge in [-0.2, -0.15) is 0 Å². The molecule has 6 aromatic rings. The molecule has 0 aliphatic carbocycles. The zero-order chi connectivity index (χ0) is 41.5. The first-order chi connectivity index (χ1) is 27.3. The van der Waals surface area contributed by atoms with Crippen LogP contribution in [-0.2, 0) is 17.4 Å². The summed E-state index contributed by atoms with van der Waals surface area (Å²) < 4.78 is 0. The molecule has 0 nitrogen and oxygen atoms in total. The predicted octanol–water partition coefficient (Wildman–Crippen LogP) is 7.19. The molecule has 7 heteroatoms. The van der Waals surface area contributed by atoms with Crippen molar-refractivity contribution in [3.05, 3.63) is 193 Å². The van der Waals surface area contributed by atoms with Crippen LogP contribution in [0.25, 0.3) is 0 Å². The number of benzene rings is 6. The van der Waals surface area contributed by atoms with E-state index in [2.05, 4.69) is 209 Å². The molecule has 0 unspecified atom stereocenters. The van der Waals surface area contributed by atoms with Gasteiger partial charge in [-0.05, 0) is 116 Å². The molecule has 6 aromatic carbocycles. The van der Waals surface area contributed by atoms with Crippen LogP contribution in [0, 0.1) is 100 Å². The third-order valence-corrected chi connectivity index (χ3v) is 19.6. The van der Waals surface area contributed by atoms with Crippen molar-refractivity contribution in [3.8, 4) is 0 Å². The van der Waals surface area contributed by atoms with Gasteiger partial charge >= 0.3 is 17.4 Å². The number of hydrogen-bond acceptors (Lipinski definition) is 0. The van der Waals surface area contributed by atoms with Gasteiger partial charge in [0, 0.05) is 0 Å². The average molecular weight is 891 g/mol. The molecular formula is C51H57CrSi6. The van der Waals surface area contributed by atoms with E-state index in [-0.39, 0.29) is 17.4 Å². The van der Waals surface area contributed by atoms with Gasteiger partial charge in [0.25, 0.3) is 0 Å². The van der Waals surface area contributed by atoms with E-state index in [0.717, 1.165) is 57.1 Å². The molecule has 0 saturated carbocycles. The van der Waals surface area contributed by atoms with Gasteiger partial charge in [-0.15, -0.1) is 57.1 Å². The molecule has 0 spiro atoms. The van der Waals surface area contributed by atoms with Gasteiger partial charge in [0.05, 0.1) is 0 Å². The second-order valence-corrected chi connectivity index (χ2v) is 23.2. The Kier molecular flexibility index (Phi) is 21.4. The Hall–Kier alpha value is -2.85. The smallest absolute Gasteiger partial charge is 0.332 e. The second-order valence-electron chi connectivity index (χ2n) is 14.8. The van der Waals surface area contributed by atoms with Gasteiger partial charge < -0.3 is 17.0 Å². The standard InChI is InChI=1S/3C17H19Si2.Cr/c3*1-12-7-5-9-16(14(12)3)18-11-19-17-10-6-8-13(2)15(17)4;/h3*5-11H,1-4H3;/q3*-1;+3. The van der Waals surface area contributed by atoms with Gasteiger partial charge in [-0.3, -0.25) is 0 Å². The number of rotatable bonds is 12. The Morgan fingerprint density at radius 2 is 0.379 bits per heavy atom. The molecular weight excluding hydrogens is 833 g/mol. The monoisotopic (exact) mass is 889 g/mol. The zero-order valence-corrected chi connectivity index (χ0v) is 43.8.